The number of anilines is 1. The summed E-state index contributed by atoms with van der Waals surface area (Å²) in [6.45, 7) is 6.18. The van der Waals surface area contributed by atoms with Crippen LogP contribution in [0.1, 0.15) is 38.1 Å². The first-order valence-corrected chi connectivity index (χ1v) is 9.63. The second-order valence-corrected chi connectivity index (χ2v) is 7.53. The predicted octanol–water partition coefficient (Wildman–Crippen LogP) is 3.39. The van der Waals surface area contributed by atoms with Gasteiger partial charge in [0.25, 0.3) is 11.8 Å². The maximum Gasteiger partial charge on any atom is 0.257 e. The molecule has 2 aromatic heterocycles. The van der Waals surface area contributed by atoms with E-state index in [-0.39, 0.29) is 11.8 Å². The fourth-order valence-electron chi connectivity index (χ4n) is 2.93. The van der Waals surface area contributed by atoms with E-state index in [4.69, 9.17) is 16.3 Å². The lowest BCUT2D eigenvalue weighted by Gasteiger charge is -2.27. The zero-order valence-electron chi connectivity index (χ0n) is 14.7. The number of nitrogens with zero attached hydrogens (tertiary/aromatic N) is 2. The van der Waals surface area contributed by atoms with Crippen molar-refractivity contribution in [3.63, 3.8) is 0 Å². The number of hydrogen-bond donors (Lipinski definition) is 1. The van der Waals surface area contributed by atoms with Crippen molar-refractivity contribution in [3.8, 4) is 0 Å². The lowest BCUT2D eigenvalue weighted by Crippen LogP contribution is -2.41. The van der Waals surface area contributed by atoms with Gasteiger partial charge in [-0.3, -0.25) is 9.59 Å². The summed E-state index contributed by atoms with van der Waals surface area (Å²) in [6, 6.07) is 3.17. The molecule has 1 saturated heterocycles. The maximum absolute atomic E-state index is 13.1. The molecule has 2 aromatic rings. The van der Waals surface area contributed by atoms with Crippen LogP contribution in [0.3, 0.4) is 0 Å². The minimum absolute atomic E-state index is 0.0565. The van der Waals surface area contributed by atoms with Crippen LogP contribution in [0.2, 0.25) is 5.15 Å². The van der Waals surface area contributed by atoms with Crippen LogP contribution in [-0.4, -0.2) is 48.0 Å². The fourth-order valence-corrected chi connectivity index (χ4v) is 4.17. The van der Waals surface area contributed by atoms with E-state index in [1.807, 2.05) is 13.8 Å². The Balaban J connectivity index is 1.90. The van der Waals surface area contributed by atoms with E-state index in [1.165, 1.54) is 17.5 Å². The highest BCUT2D eigenvalue weighted by molar-refractivity contribution is 7.16. The zero-order chi connectivity index (χ0) is 18.7. The van der Waals surface area contributed by atoms with E-state index in [2.05, 4.69) is 10.3 Å². The van der Waals surface area contributed by atoms with Crippen molar-refractivity contribution in [2.24, 2.45) is 0 Å². The van der Waals surface area contributed by atoms with E-state index in [0.29, 0.717) is 47.6 Å². The summed E-state index contributed by atoms with van der Waals surface area (Å²) in [5.41, 5.74) is 1.96. The number of morpholine rings is 1. The molecule has 0 aliphatic carbocycles. The Bertz CT molecular complexity index is 814. The van der Waals surface area contributed by atoms with E-state index in [9.17, 15) is 9.59 Å². The van der Waals surface area contributed by atoms with Crippen molar-refractivity contribution >= 4 is 39.8 Å². The Labute approximate surface area is 161 Å². The molecular formula is C18H20ClN3O3S. The average Bonchev–Trinajstić information content (AvgIpc) is 2.97. The monoisotopic (exact) mass is 393 g/mol. The highest BCUT2D eigenvalue weighted by Crippen LogP contribution is 2.35. The molecule has 6 nitrogen and oxygen atoms in total. The van der Waals surface area contributed by atoms with Gasteiger partial charge in [0.1, 0.15) is 10.2 Å². The SMILES string of the molecule is CCc1c(C)sc(NC(=O)c2ccc(Cl)nc2)c1C(=O)N1CCOCC1. The number of halogens is 1. The minimum Gasteiger partial charge on any atom is -0.378 e. The van der Waals surface area contributed by atoms with Crippen molar-refractivity contribution in [2.45, 2.75) is 20.3 Å². The Morgan fingerprint density at radius 1 is 1.35 bits per heavy atom. The molecule has 0 spiro atoms. The molecule has 1 fully saturated rings. The van der Waals surface area contributed by atoms with Gasteiger partial charge in [0.15, 0.2) is 0 Å². The molecule has 0 unspecified atom stereocenters. The third-order valence-corrected chi connectivity index (χ3v) is 5.58. The molecule has 26 heavy (non-hydrogen) atoms. The van der Waals surface area contributed by atoms with Crippen molar-refractivity contribution < 1.29 is 14.3 Å². The second-order valence-electron chi connectivity index (χ2n) is 5.92. The Hall–Kier alpha value is -1.96. The minimum atomic E-state index is -0.311. The van der Waals surface area contributed by atoms with Crippen molar-refractivity contribution in [1.29, 1.82) is 0 Å². The summed E-state index contributed by atoms with van der Waals surface area (Å²) in [4.78, 5) is 32.4. The van der Waals surface area contributed by atoms with Crippen LogP contribution in [0, 0.1) is 6.92 Å². The highest BCUT2D eigenvalue weighted by Gasteiger charge is 2.27. The number of carbonyl (C=O) groups excluding carboxylic acids is 2. The summed E-state index contributed by atoms with van der Waals surface area (Å²) < 4.78 is 5.33. The number of pyridine rings is 1. The molecule has 3 heterocycles. The first kappa shape index (κ1) is 18.8. The van der Waals surface area contributed by atoms with Crippen LogP contribution in [0.25, 0.3) is 0 Å². The van der Waals surface area contributed by atoms with Crippen LogP contribution in [0.5, 0.6) is 0 Å². The number of aryl methyl sites for hydroxylation is 1. The van der Waals surface area contributed by atoms with E-state index >= 15 is 0 Å². The number of aromatic nitrogens is 1. The molecule has 0 aromatic carbocycles. The highest BCUT2D eigenvalue weighted by atomic mass is 35.5. The molecule has 138 valence electrons. The van der Waals surface area contributed by atoms with Gasteiger partial charge in [-0.05, 0) is 31.0 Å². The number of ether oxygens (including phenoxy) is 1. The number of hydrogen-bond acceptors (Lipinski definition) is 5. The summed E-state index contributed by atoms with van der Waals surface area (Å²) in [5, 5.41) is 3.78. The van der Waals surface area contributed by atoms with Crippen molar-refractivity contribution in [3.05, 3.63) is 45.1 Å². The van der Waals surface area contributed by atoms with Crippen molar-refractivity contribution in [1.82, 2.24) is 9.88 Å². The van der Waals surface area contributed by atoms with Gasteiger partial charge >= 0.3 is 0 Å². The molecule has 1 N–H and O–H groups in total. The van der Waals surface area contributed by atoms with Crippen LogP contribution in [-0.2, 0) is 11.2 Å². The van der Waals surface area contributed by atoms with Crippen LogP contribution in [0.15, 0.2) is 18.3 Å². The third kappa shape index (κ3) is 3.90. The summed E-state index contributed by atoms with van der Waals surface area (Å²) in [7, 11) is 0. The quantitative estimate of drug-likeness (QED) is 0.808. The van der Waals surface area contributed by atoms with Gasteiger partial charge in [-0.15, -0.1) is 11.3 Å². The summed E-state index contributed by atoms with van der Waals surface area (Å²) in [6.07, 6.45) is 2.15. The van der Waals surface area contributed by atoms with Gasteiger partial charge in [0.05, 0.1) is 24.3 Å². The standard InChI is InChI=1S/C18H20ClN3O3S/c1-3-13-11(2)26-17(15(13)18(24)22-6-8-25-9-7-22)21-16(23)12-4-5-14(19)20-10-12/h4-5,10H,3,6-9H2,1-2H3,(H,21,23). The zero-order valence-corrected chi connectivity index (χ0v) is 16.2. The Morgan fingerprint density at radius 2 is 2.08 bits per heavy atom. The molecule has 0 saturated carbocycles. The molecule has 0 atom stereocenters. The third-order valence-electron chi connectivity index (χ3n) is 4.29. The first-order chi connectivity index (χ1) is 12.5. The number of nitrogens with one attached hydrogen (secondary N) is 1. The molecule has 0 radical (unpaired) electrons. The number of amides is 2. The maximum atomic E-state index is 13.1. The van der Waals surface area contributed by atoms with Crippen LogP contribution < -0.4 is 5.32 Å². The Kier molecular flexibility index (Phi) is 5.90. The van der Waals surface area contributed by atoms with Gasteiger partial charge in [0.2, 0.25) is 0 Å². The Morgan fingerprint density at radius 3 is 2.69 bits per heavy atom. The normalized spacial score (nSPS) is 14.3. The topological polar surface area (TPSA) is 71.5 Å². The van der Waals surface area contributed by atoms with Gasteiger partial charge in [-0.25, -0.2) is 4.98 Å². The second kappa shape index (κ2) is 8.16. The van der Waals surface area contributed by atoms with E-state index in [0.717, 1.165) is 16.9 Å². The smallest absolute Gasteiger partial charge is 0.257 e. The lowest BCUT2D eigenvalue weighted by molar-refractivity contribution is 0.0303. The van der Waals surface area contributed by atoms with Crippen LogP contribution in [0.4, 0.5) is 5.00 Å². The first-order valence-electron chi connectivity index (χ1n) is 8.43. The van der Waals surface area contributed by atoms with Crippen molar-refractivity contribution in [2.75, 3.05) is 31.6 Å². The fraction of sp³-hybridized carbons (Fsp3) is 0.389. The predicted molar refractivity (Wildman–Crippen MR) is 102 cm³/mol. The van der Waals surface area contributed by atoms with Gasteiger partial charge in [-0.2, -0.15) is 0 Å². The van der Waals surface area contributed by atoms with Gasteiger partial charge in [0, 0.05) is 24.2 Å². The number of carbonyl (C=O) groups is 2. The van der Waals surface area contributed by atoms with Gasteiger partial charge in [-0.1, -0.05) is 18.5 Å². The number of thiophene rings is 1. The summed E-state index contributed by atoms with van der Waals surface area (Å²) in [5.74, 6) is -0.367. The molecule has 1 aliphatic heterocycles. The molecule has 3 rings (SSSR count). The lowest BCUT2D eigenvalue weighted by atomic mass is 10.1. The van der Waals surface area contributed by atoms with Crippen LogP contribution >= 0.6 is 22.9 Å². The van der Waals surface area contributed by atoms with E-state index < -0.39 is 0 Å². The van der Waals surface area contributed by atoms with E-state index in [1.54, 1.807) is 17.0 Å². The summed E-state index contributed by atoms with van der Waals surface area (Å²) >= 11 is 7.20. The molecule has 8 heteroatoms. The molecule has 2 amide bonds. The largest absolute Gasteiger partial charge is 0.378 e. The number of rotatable bonds is 4. The van der Waals surface area contributed by atoms with Gasteiger partial charge < -0.3 is 15.0 Å². The molecule has 0 bridgehead atoms. The molecule has 1 aliphatic rings. The molecular weight excluding hydrogens is 374 g/mol. The average molecular weight is 394 g/mol.